The van der Waals surface area contributed by atoms with E-state index in [4.69, 9.17) is 21.1 Å². The predicted molar refractivity (Wildman–Crippen MR) is 99.7 cm³/mol. The van der Waals surface area contributed by atoms with Gasteiger partial charge in [-0.2, -0.15) is 0 Å². The highest BCUT2D eigenvalue weighted by Gasteiger charge is 2.15. The summed E-state index contributed by atoms with van der Waals surface area (Å²) in [6.07, 6.45) is 0. The summed E-state index contributed by atoms with van der Waals surface area (Å²) in [5.41, 5.74) is 1.00. The van der Waals surface area contributed by atoms with E-state index < -0.39 is 0 Å². The van der Waals surface area contributed by atoms with Crippen LogP contribution in [-0.4, -0.2) is 34.2 Å². The monoisotopic (exact) mass is 375 g/mol. The molecule has 7 heteroatoms. The van der Waals surface area contributed by atoms with Crippen LogP contribution in [0.4, 0.5) is 0 Å². The van der Waals surface area contributed by atoms with Gasteiger partial charge in [0, 0.05) is 23.6 Å². The third-order valence-electron chi connectivity index (χ3n) is 3.41. The van der Waals surface area contributed by atoms with Crippen molar-refractivity contribution in [3.8, 4) is 11.4 Å². The average molecular weight is 376 g/mol. The Morgan fingerprint density at radius 3 is 2.52 bits per heavy atom. The lowest BCUT2D eigenvalue weighted by molar-refractivity contribution is 0.218. The summed E-state index contributed by atoms with van der Waals surface area (Å²) >= 11 is 7.51. The first-order valence-corrected chi connectivity index (χ1v) is 9.14. The molecule has 1 aromatic heterocycles. The standard InChI is InChI=1S/C18H18ClN3O2S/c1-23-11-12-25-18-21-20-17(22(18)15-5-3-2-4-6-15)13-24-16-9-7-14(19)8-10-16/h2-10H,11-13H2,1H3. The largest absolute Gasteiger partial charge is 0.486 e. The van der Waals surface area contributed by atoms with Crippen LogP contribution >= 0.6 is 23.4 Å². The molecule has 0 amide bonds. The summed E-state index contributed by atoms with van der Waals surface area (Å²) in [6, 6.07) is 17.3. The van der Waals surface area contributed by atoms with Crippen LogP contribution in [0, 0.1) is 0 Å². The van der Waals surface area contributed by atoms with E-state index in [0.717, 1.165) is 28.2 Å². The SMILES string of the molecule is COCCSc1nnc(COc2ccc(Cl)cc2)n1-c1ccccc1. The third kappa shape index (κ3) is 4.75. The number of methoxy groups -OCH3 is 1. The first kappa shape index (κ1) is 17.8. The Kier molecular flexibility index (Phi) is 6.33. The molecule has 0 saturated carbocycles. The third-order valence-corrected chi connectivity index (χ3v) is 4.56. The predicted octanol–water partition coefficient (Wildman–Crippen LogP) is 4.24. The average Bonchev–Trinajstić information content (AvgIpc) is 3.05. The summed E-state index contributed by atoms with van der Waals surface area (Å²) in [7, 11) is 1.69. The minimum Gasteiger partial charge on any atom is -0.486 e. The minimum atomic E-state index is 0.314. The van der Waals surface area contributed by atoms with Crippen LogP contribution in [0.15, 0.2) is 59.8 Å². The molecule has 130 valence electrons. The van der Waals surface area contributed by atoms with Crippen LogP contribution in [0.2, 0.25) is 5.02 Å². The quantitative estimate of drug-likeness (QED) is 0.435. The lowest BCUT2D eigenvalue weighted by Crippen LogP contribution is -2.07. The Morgan fingerprint density at radius 1 is 1.04 bits per heavy atom. The van der Waals surface area contributed by atoms with Gasteiger partial charge in [0.1, 0.15) is 12.4 Å². The summed E-state index contributed by atoms with van der Waals surface area (Å²) < 4.78 is 13.0. The maximum atomic E-state index is 5.90. The first-order chi connectivity index (χ1) is 12.3. The van der Waals surface area contributed by atoms with Gasteiger partial charge in [-0.15, -0.1) is 10.2 Å². The molecule has 3 rings (SSSR count). The van der Waals surface area contributed by atoms with Crippen molar-refractivity contribution < 1.29 is 9.47 Å². The fourth-order valence-corrected chi connectivity index (χ4v) is 3.22. The van der Waals surface area contributed by atoms with Crippen LogP contribution in [0.3, 0.4) is 0 Å². The molecule has 2 aromatic carbocycles. The molecule has 0 aliphatic carbocycles. The molecule has 0 saturated heterocycles. The number of thioether (sulfide) groups is 1. The van der Waals surface area contributed by atoms with Gasteiger partial charge in [-0.05, 0) is 36.4 Å². The number of hydrogen-bond acceptors (Lipinski definition) is 5. The van der Waals surface area contributed by atoms with Gasteiger partial charge in [-0.3, -0.25) is 4.57 Å². The van der Waals surface area contributed by atoms with Crippen molar-refractivity contribution in [3.05, 3.63) is 65.4 Å². The lowest BCUT2D eigenvalue weighted by Gasteiger charge is -2.11. The van der Waals surface area contributed by atoms with Gasteiger partial charge in [-0.1, -0.05) is 41.6 Å². The molecule has 0 bridgehead atoms. The number of aromatic nitrogens is 3. The highest BCUT2D eigenvalue weighted by Crippen LogP contribution is 2.23. The molecule has 25 heavy (non-hydrogen) atoms. The molecule has 0 aliphatic heterocycles. The van der Waals surface area contributed by atoms with Crippen LogP contribution in [0.1, 0.15) is 5.82 Å². The van der Waals surface area contributed by atoms with E-state index in [1.807, 2.05) is 47.0 Å². The van der Waals surface area contributed by atoms with E-state index in [9.17, 15) is 0 Å². The van der Waals surface area contributed by atoms with Crippen molar-refractivity contribution in [2.45, 2.75) is 11.8 Å². The fourth-order valence-electron chi connectivity index (χ4n) is 2.22. The fraction of sp³-hybridized carbons (Fsp3) is 0.222. The zero-order valence-electron chi connectivity index (χ0n) is 13.8. The van der Waals surface area contributed by atoms with Gasteiger partial charge in [0.2, 0.25) is 0 Å². The van der Waals surface area contributed by atoms with E-state index >= 15 is 0 Å². The van der Waals surface area contributed by atoms with Gasteiger partial charge in [0.25, 0.3) is 0 Å². The molecule has 0 radical (unpaired) electrons. The molecule has 0 unspecified atom stereocenters. The van der Waals surface area contributed by atoms with E-state index in [2.05, 4.69) is 10.2 Å². The van der Waals surface area contributed by atoms with Gasteiger partial charge >= 0.3 is 0 Å². The van der Waals surface area contributed by atoms with E-state index in [1.54, 1.807) is 31.0 Å². The molecular weight excluding hydrogens is 358 g/mol. The van der Waals surface area contributed by atoms with E-state index in [-0.39, 0.29) is 0 Å². The Balaban J connectivity index is 1.81. The number of halogens is 1. The Labute approximate surface area is 155 Å². The van der Waals surface area contributed by atoms with E-state index in [1.165, 1.54) is 0 Å². The molecule has 0 atom stereocenters. The second-order valence-corrected chi connectivity index (χ2v) is 6.65. The van der Waals surface area contributed by atoms with Crippen LogP contribution < -0.4 is 4.74 Å². The van der Waals surface area contributed by atoms with Gasteiger partial charge in [0.15, 0.2) is 11.0 Å². The molecule has 3 aromatic rings. The second-order valence-electron chi connectivity index (χ2n) is 5.15. The number of benzene rings is 2. The number of hydrogen-bond donors (Lipinski definition) is 0. The summed E-state index contributed by atoms with van der Waals surface area (Å²) in [5.74, 6) is 2.28. The summed E-state index contributed by atoms with van der Waals surface area (Å²) in [5, 5.41) is 10.1. The Hall–Kier alpha value is -2.02. The van der Waals surface area contributed by atoms with E-state index in [0.29, 0.717) is 18.2 Å². The Morgan fingerprint density at radius 2 is 1.80 bits per heavy atom. The van der Waals surface area contributed by atoms with Crippen molar-refractivity contribution in [2.75, 3.05) is 19.5 Å². The smallest absolute Gasteiger partial charge is 0.196 e. The molecule has 0 fully saturated rings. The van der Waals surface area contributed by atoms with Gasteiger partial charge in [0.05, 0.1) is 6.61 Å². The number of para-hydroxylation sites is 1. The number of rotatable bonds is 8. The normalized spacial score (nSPS) is 10.8. The maximum absolute atomic E-state index is 5.90. The van der Waals surface area contributed by atoms with Crippen LogP contribution in [0.25, 0.3) is 5.69 Å². The molecule has 0 N–H and O–H groups in total. The topological polar surface area (TPSA) is 49.2 Å². The molecular formula is C18H18ClN3O2S. The van der Waals surface area contributed by atoms with Crippen LogP contribution in [-0.2, 0) is 11.3 Å². The Bertz CT molecular complexity index is 794. The van der Waals surface area contributed by atoms with Crippen molar-refractivity contribution in [1.82, 2.24) is 14.8 Å². The second kappa shape index (κ2) is 8.89. The number of nitrogens with zero attached hydrogens (tertiary/aromatic N) is 3. The summed E-state index contributed by atoms with van der Waals surface area (Å²) in [4.78, 5) is 0. The van der Waals surface area contributed by atoms with Gasteiger partial charge in [-0.25, -0.2) is 0 Å². The first-order valence-electron chi connectivity index (χ1n) is 7.78. The van der Waals surface area contributed by atoms with Crippen molar-refractivity contribution >= 4 is 23.4 Å². The highest BCUT2D eigenvalue weighted by molar-refractivity contribution is 7.99. The molecule has 0 aliphatic rings. The van der Waals surface area contributed by atoms with Crippen LogP contribution in [0.5, 0.6) is 5.75 Å². The zero-order valence-corrected chi connectivity index (χ0v) is 15.3. The van der Waals surface area contributed by atoms with Gasteiger partial charge < -0.3 is 9.47 Å². The number of ether oxygens (including phenoxy) is 2. The summed E-state index contributed by atoms with van der Waals surface area (Å²) in [6.45, 7) is 0.970. The molecule has 1 heterocycles. The van der Waals surface area contributed by atoms with Crippen molar-refractivity contribution in [1.29, 1.82) is 0 Å². The highest BCUT2D eigenvalue weighted by atomic mass is 35.5. The van der Waals surface area contributed by atoms with Crippen molar-refractivity contribution in [3.63, 3.8) is 0 Å². The lowest BCUT2D eigenvalue weighted by atomic mass is 10.3. The molecule has 0 spiro atoms. The maximum Gasteiger partial charge on any atom is 0.196 e. The zero-order chi connectivity index (χ0) is 17.5. The minimum absolute atomic E-state index is 0.314. The molecule has 5 nitrogen and oxygen atoms in total. The van der Waals surface area contributed by atoms with Crippen molar-refractivity contribution in [2.24, 2.45) is 0 Å².